The third-order valence-electron chi connectivity index (χ3n) is 4.83. The summed E-state index contributed by atoms with van der Waals surface area (Å²) >= 11 is 0. The van der Waals surface area contributed by atoms with Crippen molar-refractivity contribution in [3.63, 3.8) is 0 Å². The summed E-state index contributed by atoms with van der Waals surface area (Å²) in [5, 5.41) is 9.08. The number of hydrogen-bond donors (Lipinski definition) is 1. The van der Waals surface area contributed by atoms with Gasteiger partial charge in [-0.3, -0.25) is 14.5 Å². The molecule has 1 amide bonds. The van der Waals surface area contributed by atoms with Crippen LogP contribution in [0.3, 0.4) is 0 Å². The average molecular weight is 362 g/mol. The number of rotatable bonds is 8. The molecule has 0 saturated carbocycles. The van der Waals surface area contributed by atoms with Crippen LogP contribution in [0.15, 0.2) is 24.3 Å². The first-order chi connectivity index (χ1) is 12.5. The van der Waals surface area contributed by atoms with Crippen molar-refractivity contribution in [3.8, 4) is 5.75 Å². The molecule has 6 heteroatoms. The molecule has 1 aliphatic heterocycles. The Balaban J connectivity index is 2.15. The molecule has 0 bridgehead atoms. The maximum absolute atomic E-state index is 13.0. The fraction of sp³-hybridized carbons (Fsp3) is 0.600. The van der Waals surface area contributed by atoms with Crippen LogP contribution in [0.5, 0.6) is 5.75 Å². The van der Waals surface area contributed by atoms with Crippen LogP contribution in [0.2, 0.25) is 0 Å². The van der Waals surface area contributed by atoms with Crippen molar-refractivity contribution in [1.29, 1.82) is 0 Å². The molecule has 1 atom stereocenters. The Bertz CT molecular complexity index is 588. The third-order valence-corrected chi connectivity index (χ3v) is 4.83. The lowest BCUT2D eigenvalue weighted by Gasteiger charge is -2.32. The lowest BCUT2D eigenvalue weighted by molar-refractivity contribution is -0.140. The van der Waals surface area contributed by atoms with E-state index in [0.717, 1.165) is 50.0 Å². The van der Waals surface area contributed by atoms with E-state index in [2.05, 4.69) is 0 Å². The smallest absolute Gasteiger partial charge is 0.317 e. The molecule has 0 aliphatic carbocycles. The second kappa shape index (κ2) is 10.2. The minimum Gasteiger partial charge on any atom is -0.497 e. The van der Waals surface area contributed by atoms with Crippen LogP contribution < -0.4 is 4.74 Å². The number of carbonyl (C=O) groups excluding carboxylic acids is 1. The van der Waals surface area contributed by atoms with Gasteiger partial charge in [-0.05, 0) is 43.5 Å². The van der Waals surface area contributed by atoms with Crippen LogP contribution in [-0.4, -0.2) is 60.1 Å². The highest BCUT2D eigenvalue weighted by Crippen LogP contribution is 2.31. The minimum absolute atomic E-state index is 0.0161. The van der Waals surface area contributed by atoms with Crippen molar-refractivity contribution in [2.45, 2.75) is 45.1 Å². The Morgan fingerprint density at radius 2 is 1.92 bits per heavy atom. The number of aliphatic carboxylic acids is 1. The molecule has 1 fully saturated rings. The van der Waals surface area contributed by atoms with E-state index >= 15 is 0 Å². The fourth-order valence-electron chi connectivity index (χ4n) is 3.58. The molecule has 0 spiro atoms. The van der Waals surface area contributed by atoms with Crippen LogP contribution >= 0.6 is 0 Å². The zero-order valence-corrected chi connectivity index (χ0v) is 15.8. The van der Waals surface area contributed by atoms with E-state index in [9.17, 15) is 9.59 Å². The van der Waals surface area contributed by atoms with Gasteiger partial charge in [0.05, 0.1) is 26.2 Å². The molecule has 6 nitrogen and oxygen atoms in total. The van der Waals surface area contributed by atoms with Gasteiger partial charge in [-0.2, -0.15) is 0 Å². The normalized spacial score (nSPS) is 17.8. The number of amides is 1. The Labute approximate surface area is 155 Å². The Morgan fingerprint density at radius 3 is 2.54 bits per heavy atom. The average Bonchev–Trinajstić information content (AvgIpc) is 2.87. The molecule has 0 radical (unpaired) electrons. The first-order valence-electron chi connectivity index (χ1n) is 9.42. The molecule has 2 rings (SSSR count). The van der Waals surface area contributed by atoms with Crippen LogP contribution in [0.25, 0.3) is 0 Å². The van der Waals surface area contributed by atoms with Crippen molar-refractivity contribution in [2.24, 2.45) is 0 Å². The van der Waals surface area contributed by atoms with E-state index in [0.29, 0.717) is 6.54 Å². The first kappa shape index (κ1) is 20.2. The number of likely N-dealkylation sites (tertiary alicyclic amines) is 1. The zero-order chi connectivity index (χ0) is 18.9. The maximum atomic E-state index is 13.0. The molecule has 26 heavy (non-hydrogen) atoms. The van der Waals surface area contributed by atoms with Crippen LogP contribution in [0.4, 0.5) is 0 Å². The predicted molar refractivity (Wildman–Crippen MR) is 100 cm³/mol. The highest BCUT2D eigenvalue weighted by molar-refractivity contribution is 5.79. The van der Waals surface area contributed by atoms with Crippen molar-refractivity contribution in [3.05, 3.63) is 29.8 Å². The van der Waals surface area contributed by atoms with Gasteiger partial charge in [-0.25, -0.2) is 0 Å². The molecular formula is C20H30N2O4. The standard InChI is InChI=1S/C20H30N2O4/c1-3-12-21(15-20(24)25)14-19(23)22-13-6-4-5-7-18(22)16-8-10-17(26-2)11-9-16/h8-11,18H,3-7,12-15H2,1-2H3,(H,24,25). The monoisotopic (exact) mass is 362 g/mol. The number of ether oxygens (including phenoxy) is 1. The molecule has 0 aromatic heterocycles. The summed E-state index contributed by atoms with van der Waals surface area (Å²) in [4.78, 5) is 27.7. The second-order valence-corrected chi connectivity index (χ2v) is 6.83. The number of hydrogen-bond acceptors (Lipinski definition) is 4. The summed E-state index contributed by atoms with van der Waals surface area (Å²) in [6.07, 6.45) is 4.96. The summed E-state index contributed by atoms with van der Waals surface area (Å²) in [7, 11) is 1.64. The van der Waals surface area contributed by atoms with Crippen LogP contribution in [-0.2, 0) is 9.59 Å². The summed E-state index contributed by atoms with van der Waals surface area (Å²) < 4.78 is 5.23. The van der Waals surface area contributed by atoms with Crippen molar-refractivity contribution in [2.75, 3.05) is 33.3 Å². The fourth-order valence-corrected chi connectivity index (χ4v) is 3.58. The number of benzene rings is 1. The van der Waals surface area contributed by atoms with Crippen molar-refractivity contribution in [1.82, 2.24) is 9.80 Å². The molecule has 144 valence electrons. The number of carbonyl (C=O) groups is 2. The second-order valence-electron chi connectivity index (χ2n) is 6.83. The highest BCUT2D eigenvalue weighted by atomic mass is 16.5. The van der Waals surface area contributed by atoms with E-state index in [4.69, 9.17) is 9.84 Å². The van der Waals surface area contributed by atoms with Gasteiger partial charge in [0.2, 0.25) is 5.91 Å². The number of carboxylic acids is 1. The van der Waals surface area contributed by atoms with Gasteiger partial charge in [0.25, 0.3) is 0 Å². The molecule has 1 unspecified atom stereocenters. The lowest BCUT2D eigenvalue weighted by Crippen LogP contribution is -2.44. The molecule has 1 heterocycles. The van der Waals surface area contributed by atoms with Gasteiger partial charge >= 0.3 is 5.97 Å². The molecule has 1 N–H and O–H groups in total. The lowest BCUT2D eigenvalue weighted by atomic mass is 10.0. The summed E-state index contributed by atoms with van der Waals surface area (Å²) in [6, 6.07) is 7.95. The van der Waals surface area contributed by atoms with Crippen molar-refractivity contribution < 1.29 is 19.4 Å². The number of carboxylic acid groups (broad SMARTS) is 1. The van der Waals surface area contributed by atoms with E-state index in [-0.39, 0.29) is 25.0 Å². The minimum atomic E-state index is -0.895. The van der Waals surface area contributed by atoms with Gasteiger partial charge in [0.1, 0.15) is 5.75 Å². The summed E-state index contributed by atoms with van der Waals surface area (Å²) in [6.45, 7) is 3.39. The molecule has 1 aromatic carbocycles. The van der Waals surface area contributed by atoms with Crippen molar-refractivity contribution >= 4 is 11.9 Å². The van der Waals surface area contributed by atoms with Gasteiger partial charge in [-0.1, -0.05) is 31.9 Å². The zero-order valence-electron chi connectivity index (χ0n) is 15.8. The van der Waals surface area contributed by atoms with Crippen LogP contribution in [0, 0.1) is 0 Å². The third kappa shape index (κ3) is 5.73. The number of methoxy groups -OCH3 is 1. The number of nitrogens with zero attached hydrogens (tertiary/aromatic N) is 2. The molecular weight excluding hydrogens is 332 g/mol. The topological polar surface area (TPSA) is 70.1 Å². The molecule has 1 aromatic rings. The van der Waals surface area contributed by atoms with E-state index in [1.54, 1.807) is 12.0 Å². The van der Waals surface area contributed by atoms with E-state index in [1.807, 2.05) is 36.1 Å². The van der Waals surface area contributed by atoms with Gasteiger partial charge in [0, 0.05) is 6.54 Å². The first-order valence-corrected chi connectivity index (χ1v) is 9.42. The Hall–Kier alpha value is -2.08. The van der Waals surface area contributed by atoms with Crippen LogP contribution in [0.1, 0.15) is 50.6 Å². The van der Waals surface area contributed by atoms with Gasteiger partial charge in [-0.15, -0.1) is 0 Å². The quantitative estimate of drug-likeness (QED) is 0.770. The predicted octanol–water partition coefficient (Wildman–Crippen LogP) is 2.94. The molecule has 1 saturated heterocycles. The molecule has 1 aliphatic rings. The Kier molecular flexibility index (Phi) is 7.91. The maximum Gasteiger partial charge on any atom is 0.317 e. The summed E-state index contributed by atoms with van der Waals surface area (Å²) in [5.41, 5.74) is 1.11. The highest BCUT2D eigenvalue weighted by Gasteiger charge is 2.28. The SMILES string of the molecule is CCCN(CC(=O)O)CC(=O)N1CCCCCC1c1ccc(OC)cc1. The van der Waals surface area contributed by atoms with E-state index < -0.39 is 5.97 Å². The van der Waals surface area contributed by atoms with E-state index in [1.165, 1.54) is 0 Å². The Morgan fingerprint density at radius 1 is 1.19 bits per heavy atom. The largest absolute Gasteiger partial charge is 0.497 e. The van der Waals surface area contributed by atoms with Gasteiger partial charge in [0.15, 0.2) is 0 Å². The van der Waals surface area contributed by atoms with Gasteiger partial charge < -0.3 is 14.7 Å². The summed E-state index contributed by atoms with van der Waals surface area (Å²) in [5.74, 6) is -0.0768.